The summed E-state index contributed by atoms with van der Waals surface area (Å²) in [5.74, 6) is 1.74. The van der Waals surface area contributed by atoms with Gasteiger partial charge in [-0.25, -0.2) is 9.37 Å². The molecule has 5 nitrogen and oxygen atoms in total. The first-order valence-corrected chi connectivity index (χ1v) is 11.8. The highest BCUT2D eigenvalue weighted by Crippen LogP contribution is 2.29. The third-order valence-electron chi connectivity index (χ3n) is 6.96. The lowest BCUT2D eigenvalue weighted by atomic mass is 9.93. The molecule has 6 heteroatoms. The predicted octanol–water partition coefficient (Wildman–Crippen LogP) is 4.70. The van der Waals surface area contributed by atoms with E-state index in [9.17, 15) is 9.18 Å². The summed E-state index contributed by atoms with van der Waals surface area (Å²) >= 11 is 0. The van der Waals surface area contributed by atoms with Gasteiger partial charge in [-0.1, -0.05) is 31.2 Å². The van der Waals surface area contributed by atoms with Crippen molar-refractivity contribution in [3.05, 3.63) is 59.9 Å². The van der Waals surface area contributed by atoms with Gasteiger partial charge < -0.3 is 14.4 Å². The van der Waals surface area contributed by atoms with Crippen LogP contribution in [-0.4, -0.2) is 46.5 Å². The van der Waals surface area contributed by atoms with Gasteiger partial charge in [0.05, 0.1) is 17.6 Å². The van der Waals surface area contributed by atoms with Crippen molar-refractivity contribution in [2.45, 2.75) is 39.2 Å². The van der Waals surface area contributed by atoms with Crippen LogP contribution >= 0.6 is 0 Å². The molecule has 2 saturated heterocycles. The summed E-state index contributed by atoms with van der Waals surface area (Å²) in [6.45, 7) is 6.25. The summed E-state index contributed by atoms with van der Waals surface area (Å²) in [4.78, 5) is 22.4. The Kier molecular flexibility index (Phi) is 5.85. The maximum Gasteiger partial charge on any atom is 0.225 e. The number of amides is 1. The Labute approximate surface area is 188 Å². The number of hydrogen-bond acceptors (Lipinski definition) is 3. The minimum atomic E-state index is -0.222. The number of piperidine rings is 2. The van der Waals surface area contributed by atoms with E-state index in [1.165, 1.54) is 12.5 Å². The number of carbonyl (C=O) groups is 1. The van der Waals surface area contributed by atoms with Crippen LogP contribution in [0.4, 0.5) is 10.3 Å². The second kappa shape index (κ2) is 8.93. The Morgan fingerprint density at radius 1 is 1.06 bits per heavy atom. The van der Waals surface area contributed by atoms with Crippen LogP contribution in [0.25, 0.3) is 11.0 Å². The van der Waals surface area contributed by atoms with Crippen molar-refractivity contribution in [2.75, 3.05) is 31.1 Å². The Morgan fingerprint density at radius 2 is 1.88 bits per heavy atom. The number of anilines is 1. The van der Waals surface area contributed by atoms with Crippen LogP contribution in [0.15, 0.2) is 48.5 Å². The monoisotopic (exact) mass is 434 g/mol. The van der Waals surface area contributed by atoms with Crippen LogP contribution < -0.4 is 4.90 Å². The van der Waals surface area contributed by atoms with E-state index in [1.807, 2.05) is 24.3 Å². The Balaban J connectivity index is 1.34. The highest BCUT2D eigenvalue weighted by Gasteiger charge is 2.32. The largest absolute Gasteiger partial charge is 0.342 e. The first-order chi connectivity index (χ1) is 15.6. The average molecular weight is 435 g/mol. The number of carbonyl (C=O) groups excluding carboxylic acids is 1. The number of likely N-dealkylation sites (tertiary alicyclic amines) is 1. The van der Waals surface area contributed by atoms with Gasteiger partial charge in [-0.2, -0.15) is 0 Å². The van der Waals surface area contributed by atoms with Gasteiger partial charge in [0.2, 0.25) is 11.9 Å². The van der Waals surface area contributed by atoms with Crippen LogP contribution in [0, 0.1) is 17.7 Å². The van der Waals surface area contributed by atoms with Gasteiger partial charge in [0.15, 0.2) is 0 Å². The van der Waals surface area contributed by atoms with Crippen molar-refractivity contribution in [2.24, 2.45) is 11.8 Å². The lowest BCUT2D eigenvalue weighted by Crippen LogP contribution is -2.46. The van der Waals surface area contributed by atoms with E-state index in [0.717, 1.165) is 68.0 Å². The van der Waals surface area contributed by atoms with E-state index >= 15 is 0 Å². The third-order valence-corrected chi connectivity index (χ3v) is 6.96. The molecule has 0 saturated carbocycles. The molecular formula is C26H31FN4O. The number of halogens is 1. The van der Waals surface area contributed by atoms with Gasteiger partial charge in [-0.05, 0) is 61.4 Å². The first kappa shape index (κ1) is 21.0. The summed E-state index contributed by atoms with van der Waals surface area (Å²) < 4.78 is 16.0. The lowest BCUT2D eigenvalue weighted by Gasteiger charge is -2.37. The molecule has 2 aliphatic heterocycles. The van der Waals surface area contributed by atoms with Gasteiger partial charge in [-0.3, -0.25) is 4.79 Å². The molecule has 32 heavy (non-hydrogen) atoms. The maximum atomic E-state index is 13.8. The number of benzene rings is 2. The highest BCUT2D eigenvalue weighted by molar-refractivity contribution is 5.80. The van der Waals surface area contributed by atoms with Gasteiger partial charge in [0.25, 0.3) is 0 Å². The Morgan fingerprint density at radius 3 is 2.66 bits per heavy atom. The molecule has 1 atom stereocenters. The number of para-hydroxylation sites is 2. The Bertz CT molecular complexity index is 1100. The molecule has 168 valence electrons. The zero-order valence-electron chi connectivity index (χ0n) is 18.7. The summed E-state index contributed by atoms with van der Waals surface area (Å²) in [5.41, 5.74) is 2.91. The van der Waals surface area contributed by atoms with E-state index in [1.54, 1.807) is 12.1 Å². The molecule has 2 aliphatic rings. The van der Waals surface area contributed by atoms with Gasteiger partial charge in [0.1, 0.15) is 5.82 Å². The van der Waals surface area contributed by atoms with Crippen LogP contribution in [0.1, 0.15) is 38.2 Å². The number of aromatic nitrogens is 2. The third kappa shape index (κ3) is 4.23. The summed E-state index contributed by atoms with van der Waals surface area (Å²) in [6, 6.07) is 14.9. The Hall–Kier alpha value is -2.89. The van der Waals surface area contributed by atoms with Gasteiger partial charge in [0, 0.05) is 32.1 Å². The van der Waals surface area contributed by atoms with E-state index < -0.39 is 0 Å². The molecule has 1 aromatic heterocycles. The fourth-order valence-electron chi connectivity index (χ4n) is 5.25. The highest BCUT2D eigenvalue weighted by atomic mass is 19.1. The van der Waals surface area contributed by atoms with Crippen molar-refractivity contribution in [3.63, 3.8) is 0 Å². The fourth-order valence-corrected chi connectivity index (χ4v) is 5.25. The quantitative estimate of drug-likeness (QED) is 0.598. The number of hydrogen-bond donors (Lipinski definition) is 0. The first-order valence-electron chi connectivity index (χ1n) is 11.8. The molecule has 0 unspecified atom stereocenters. The molecule has 0 bridgehead atoms. The minimum absolute atomic E-state index is 0.109. The SMILES string of the molecule is C[C@H]1CCCN(C(=O)C2CCN(c3nc4ccccc4n3Cc3cccc(F)c3)CC2)C1. The predicted molar refractivity (Wildman–Crippen MR) is 125 cm³/mol. The fraction of sp³-hybridized carbons (Fsp3) is 0.462. The molecule has 0 spiro atoms. The zero-order valence-corrected chi connectivity index (χ0v) is 18.7. The van der Waals surface area contributed by atoms with Crippen molar-refractivity contribution < 1.29 is 9.18 Å². The minimum Gasteiger partial charge on any atom is -0.342 e. The van der Waals surface area contributed by atoms with E-state index in [2.05, 4.69) is 27.4 Å². The second-order valence-corrected chi connectivity index (χ2v) is 9.41. The normalized spacial score (nSPS) is 20.1. The van der Waals surface area contributed by atoms with E-state index in [-0.39, 0.29) is 11.7 Å². The number of nitrogens with zero attached hydrogens (tertiary/aromatic N) is 4. The van der Waals surface area contributed by atoms with Crippen molar-refractivity contribution in [1.82, 2.24) is 14.5 Å². The molecule has 2 fully saturated rings. The summed E-state index contributed by atoms with van der Waals surface area (Å²) in [5, 5.41) is 0. The second-order valence-electron chi connectivity index (χ2n) is 9.41. The van der Waals surface area contributed by atoms with Crippen molar-refractivity contribution in [3.8, 4) is 0 Å². The average Bonchev–Trinajstić information content (AvgIpc) is 3.17. The van der Waals surface area contributed by atoms with Crippen LogP contribution in [-0.2, 0) is 11.3 Å². The number of fused-ring (bicyclic) bond motifs is 1. The molecular weight excluding hydrogens is 403 g/mol. The maximum absolute atomic E-state index is 13.8. The number of rotatable bonds is 4. The van der Waals surface area contributed by atoms with Gasteiger partial charge >= 0.3 is 0 Å². The lowest BCUT2D eigenvalue weighted by molar-refractivity contribution is -0.137. The molecule has 3 heterocycles. The molecule has 0 N–H and O–H groups in total. The summed E-state index contributed by atoms with van der Waals surface area (Å²) in [6.07, 6.45) is 4.05. The van der Waals surface area contributed by atoms with E-state index in [4.69, 9.17) is 4.98 Å². The standard InChI is InChI=1S/C26H31FN4O/c1-19-6-5-13-30(17-19)25(32)21-11-14-29(15-12-21)26-28-23-9-2-3-10-24(23)31(26)18-20-7-4-8-22(27)16-20/h2-4,7-10,16,19,21H,5-6,11-15,17-18H2,1H3/t19-/m0/s1. The smallest absolute Gasteiger partial charge is 0.225 e. The molecule has 5 rings (SSSR count). The molecule has 0 radical (unpaired) electrons. The van der Waals surface area contributed by atoms with Gasteiger partial charge in [-0.15, -0.1) is 0 Å². The molecule has 1 amide bonds. The summed E-state index contributed by atoms with van der Waals surface area (Å²) in [7, 11) is 0. The van der Waals surface area contributed by atoms with Crippen LogP contribution in [0.5, 0.6) is 0 Å². The van der Waals surface area contributed by atoms with E-state index in [0.29, 0.717) is 18.4 Å². The van der Waals surface area contributed by atoms with Crippen molar-refractivity contribution >= 4 is 22.9 Å². The van der Waals surface area contributed by atoms with Crippen LogP contribution in [0.2, 0.25) is 0 Å². The number of imidazole rings is 1. The van der Waals surface area contributed by atoms with Crippen molar-refractivity contribution in [1.29, 1.82) is 0 Å². The molecule has 0 aliphatic carbocycles. The zero-order chi connectivity index (χ0) is 22.1. The molecule has 2 aromatic carbocycles. The topological polar surface area (TPSA) is 41.4 Å². The molecule has 3 aromatic rings. The van der Waals surface area contributed by atoms with Crippen LogP contribution in [0.3, 0.4) is 0 Å².